The molecule has 13 heteroatoms. The Balaban J connectivity index is 1.24. The van der Waals surface area contributed by atoms with Gasteiger partial charge in [0.2, 0.25) is 23.6 Å². The fourth-order valence-corrected chi connectivity index (χ4v) is 6.12. The largest absolute Gasteiger partial charge is 0.330 e. The molecule has 2 aliphatic rings. The highest BCUT2D eigenvalue weighted by molar-refractivity contribution is 7.15. The van der Waals surface area contributed by atoms with Gasteiger partial charge in [0.1, 0.15) is 23.4 Å². The van der Waals surface area contributed by atoms with Gasteiger partial charge in [-0.25, -0.2) is 9.97 Å². The Morgan fingerprint density at radius 3 is 2.82 bits per heavy atom. The summed E-state index contributed by atoms with van der Waals surface area (Å²) in [6.07, 6.45) is 5.37. The van der Waals surface area contributed by atoms with Gasteiger partial charge in [0.25, 0.3) is 5.56 Å². The minimum atomic E-state index is -0.838. The number of anilines is 1. The molecule has 4 aromatic rings. The zero-order chi connectivity index (χ0) is 27.3. The summed E-state index contributed by atoms with van der Waals surface area (Å²) in [6.45, 7) is 2.09. The Kier molecular flexibility index (Phi) is 6.22. The lowest BCUT2D eigenvalue weighted by atomic mass is 10.1. The van der Waals surface area contributed by atoms with Crippen LogP contribution in [-0.4, -0.2) is 60.1 Å². The van der Waals surface area contributed by atoms with Crippen molar-refractivity contribution >= 4 is 56.5 Å². The van der Waals surface area contributed by atoms with Crippen molar-refractivity contribution < 1.29 is 19.2 Å². The molecule has 0 bridgehead atoms. The minimum absolute atomic E-state index is 0.104. The molecule has 0 spiro atoms. The molecule has 1 aromatic carbocycles. The molecule has 12 nitrogen and oxygen atoms in total. The SMILES string of the molecule is Cc1nc2c(NC(=O)C3CCCN3C(=O)Cc3cn4ccsc4n3)cccc2c(=O)n1C1CCC(=O)NC1=O. The molecule has 2 unspecified atom stereocenters. The van der Waals surface area contributed by atoms with Gasteiger partial charge in [-0.2, -0.15) is 0 Å². The van der Waals surface area contributed by atoms with Crippen molar-refractivity contribution in [3.63, 3.8) is 0 Å². The number of thiazole rings is 1. The van der Waals surface area contributed by atoms with Crippen LogP contribution in [0.15, 0.2) is 40.8 Å². The van der Waals surface area contributed by atoms with E-state index in [1.54, 1.807) is 30.0 Å². The Bertz CT molecular complexity index is 1690. The Labute approximate surface area is 225 Å². The summed E-state index contributed by atoms with van der Waals surface area (Å²) in [6, 6.07) is 3.38. The number of imide groups is 1. The number of likely N-dealkylation sites (tertiary alicyclic amines) is 1. The van der Waals surface area contributed by atoms with Gasteiger partial charge in [-0.1, -0.05) is 6.07 Å². The van der Waals surface area contributed by atoms with Gasteiger partial charge >= 0.3 is 0 Å². The topological polar surface area (TPSA) is 148 Å². The molecule has 200 valence electrons. The zero-order valence-corrected chi connectivity index (χ0v) is 21.9. The van der Waals surface area contributed by atoms with Crippen LogP contribution in [0.2, 0.25) is 0 Å². The molecule has 0 aliphatic carbocycles. The molecule has 5 heterocycles. The molecule has 0 radical (unpaired) electrons. The molecule has 3 aromatic heterocycles. The number of imidazole rings is 1. The fourth-order valence-electron chi connectivity index (χ4n) is 5.40. The first-order chi connectivity index (χ1) is 18.8. The standard InChI is InChI=1S/C26H25N7O5S/c1-14-27-22-16(25(38)33(14)19-7-8-20(34)30-24(19)37)4-2-5-17(22)29-23(36)18-6-3-9-32(18)21(35)12-15-13-31-10-11-39-26(31)28-15/h2,4-5,10-11,13,18-19H,3,6-9,12H2,1H3,(H,29,36)(H,30,34,37). The van der Waals surface area contributed by atoms with Crippen LogP contribution < -0.4 is 16.2 Å². The van der Waals surface area contributed by atoms with Gasteiger partial charge < -0.3 is 10.2 Å². The van der Waals surface area contributed by atoms with Gasteiger partial charge in [0, 0.05) is 30.7 Å². The van der Waals surface area contributed by atoms with Gasteiger partial charge in [-0.3, -0.25) is 38.3 Å². The number of rotatable bonds is 5. The number of amides is 4. The molecule has 0 saturated carbocycles. The fraction of sp³-hybridized carbons (Fsp3) is 0.346. The number of aryl methyl sites for hydroxylation is 1. The van der Waals surface area contributed by atoms with Gasteiger partial charge in [-0.05, 0) is 38.3 Å². The summed E-state index contributed by atoms with van der Waals surface area (Å²) in [7, 11) is 0. The predicted octanol–water partition coefficient (Wildman–Crippen LogP) is 1.56. The van der Waals surface area contributed by atoms with E-state index in [9.17, 15) is 24.0 Å². The molecule has 39 heavy (non-hydrogen) atoms. The van der Waals surface area contributed by atoms with Crippen molar-refractivity contribution in [3.05, 3.63) is 57.8 Å². The third kappa shape index (κ3) is 4.48. The van der Waals surface area contributed by atoms with E-state index in [4.69, 9.17) is 0 Å². The second-order valence-electron chi connectivity index (χ2n) is 9.74. The Morgan fingerprint density at radius 2 is 2.03 bits per heavy atom. The van der Waals surface area contributed by atoms with Crippen LogP contribution in [0.5, 0.6) is 0 Å². The van der Waals surface area contributed by atoms with Crippen molar-refractivity contribution in [3.8, 4) is 0 Å². The molecule has 4 amide bonds. The number of piperidine rings is 1. The monoisotopic (exact) mass is 547 g/mol. The van der Waals surface area contributed by atoms with Gasteiger partial charge in [-0.15, -0.1) is 11.3 Å². The summed E-state index contributed by atoms with van der Waals surface area (Å²) in [5, 5.41) is 7.31. The summed E-state index contributed by atoms with van der Waals surface area (Å²) < 4.78 is 3.16. The molecule has 2 fully saturated rings. The van der Waals surface area contributed by atoms with Crippen LogP contribution in [0.3, 0.4) is 0 Å². The van der Waals surface area contributed by atoms with Crippen molar-refractivity contribution in [1.82, 2.24) is 29.2 Å². The second-order valence-corrected chi connectivity index (χ2v) is 10.6. The van der Waals surface area contributed by atoms with Crippen LogP contribution in [-0.2, 0) is 25.6 Å². The highest BCUT2D eigenvalue weighted by Crippen LogP contribution is 2.26. The van der Waals surface area contributed by atoms with Crippen molar-refractivity contribution in [2.75, 3.05) is 11.9 Å². The minimum Gasteiger partial charge on any atom is -0.330 e. The lowest BCUT2D eigenvalue weighted by Gasteiger charge is -2.25. The van der Waals surface area contributed by atoms with E-state index in [0.717, 1.165) is 4.96 Å². The van der Waals surface area contributed by atoms with Crippen LogP contribution in [0.25, 0.3) is 15.9 Å². The summed E-state index contributed by atoms with van der Waals surface area (Å²) in [4.78, 5) is 75.3. The molecule has 6 rings (SSSR count). The molecular weight excluding hydrogens is 522 g/mol. The number of carbonyl (C=O) groups excluding carboxylic acids is 4. The number of hydrogen-bond acceptors (Lipinski definition) is 8. The van der Waals surface area contributed by atoms with Gasteiger partial charge in [0.15, 0.2) is 4.96 Å². The van der Waals surface area contributed by atoms with Crippen LogP contribution in [0.1, 0.15) is 43.2 Å². The number of nitrogens with one attached hydrogen (secondary N) is 2. The third-order valence-corrected chi connectivity index (χ3v) is 8.01. The number of nitrogens with zero attached hydrogens (tertiary/aromatic N) is 5. The quantitative estimate of drug-likeness (QED) is 0.360. The van der Waals surface area contributed by atoms with Crippen molar-refractivity contribution in [2.24, 2.45) is 0 Å². The Morgan fingerprint density at radius 1 is 1.18 bits per heavy atom. The van der Waals surface area contributed by atoms with Crippen LogP contribution in [0.4, 0.5) is 5.69 Å². The smallest absolute Gasteiger partial charge is 0.262 e. The predicted molar refractivity (Wildman–Crippen MR) is 142 cm³/mol. The van der Waals surface area contributed by atoms with E-state index in [1.807, 2.05) is 22.2 Å². The maximum Gasteiger partial charge on any atom is 0.262 e. The lowest BCUT2D eigenvalue weighted by molar-refractivity contribution is -0.136. The average molecular weight is 548 g/mol. The first-order valence-corrected chi connectivity index (χ1v) is 13.5. The molecule has 2 aliphatic heterocycles. The number of carbonyl (C=O) groups is 4. The van der Waals surface area contributed by atoms with Crippen molar-refractivity contribution in [1.29, 1.82) is 0 Å². The van der Waals surface area contributed by atoms with Crippen LogP contribution >= 0.6 is 11.3 Å². The van der Waals surface area contributed by atoms with Crippen LogP contribution in [0, 0.1) is 6.92 Å². The highest BCUT2D eigenvalue weighted by atomic mass is 32.1. The number of para-hydroxylation sites is 1. The molecular formula is C26H25N7O5S. The van der Waals surface area contributed by atoms with E-state index in [1.165, 1.54) is 15.9 Å². The Hall–Kier alpha value is -4.39. The lowest BCUT2D eigenvalue weighted by Crippen LogP contribution is -2.45. The summed E-state index contributed by atoms with van der Waals surface area (Å²) in [5.74, 6) is -1.14. The maximum absolute atomic E-state index is 13.4. The molecule has 2 atom stereocenters. The number of aromatic nitrogens is 4. The van der Waals surface area contributed by atoms with E-state index >= 15 is 0 Å². The average Bonchev–Trinajstić information content (AvgIpc) is 3.63. The third-order valence-electron chi connectivity index (χ3n) is 7.24. The van der Waals surface area contributed by atoms with Crippen molar-refractivity contribution in [2.45, 2.75) is 51.1 Å². The van der Waals surface area contributed by atoms with E-state index in [0.29, 0.717) is 42.1 Å². The summed E-state index contributed by atoms with van der Waals surface area (Å²) in [5.41, 5.74) is 0.868. The molecule has 2 N–H and O–H groups in total. The highest BCUT2D eigenvalue weighted by Gasteiger charge is 2.35. The molecule has 2 saturated heterocycles. The zero-order valence-electron chi connectivity index (χ0n) is 21.0. The normalized spacial score (nSPS) is 19.6. The van der Waals surface area contributed by atoms with E-state index < -0.39 is 23.6 Å². The van der Waals surface area contributed by atoms with E-state index in [2.05, 4.69) is 20.6 Å². The summed E-state index contributed by atoms with van der Waals surface area (Å²) >= 11 is 1.49. The number of hydrogen-bond donors (Lipinski definition) is 2. The first kappa shape index (κ1) is 24.9. The number of benzene rings is 1. The van der Waals surface area contributed by atoms with Gasteiger partial charge in [0.05, 0.1) is 23.2 Å². The maximum atomic E-state index is 13.4. The first-order valence-electron chi connectivity index (χ1n) is 12.7. The van der Waals surface area contributed by atoms with E-state index in [-0.39, 0.29) is 42.4 Å². The second kappa shape index (κ2) is 9.73. The number of fused-ring (bicyclic) bond motifs is 2.